The summed E-state index contributed by atoms with van der Waals surface area (Å²) in [6.45, 7) is 3.13. The van der Waals surface area contributed by atoms with Gasteiger partial charge in [0.25, 0.3) is 15.9 Å². The predicted molar refractivity (Wildman–Crippen MR) is 146 cm³/mol. The fourth-order valence-corrected chi connectivity index (χ4v) is 6.59. The summed E-state index contributed by atoms with van der Waals surface area (Å²) in [6, 6.07) is 18.7. The van der Waals surface area contributed by atoms with Crippen molar-refractivity contribution in [2.24, 2.45) is 10.1 Å². The first kappa shape index (κ1) is 27.7. The van der Waals surface area contributed by atoms with Crippen molar-refractivity contribution in [3.8, 4) is 0 Å². The Morgan fingerprint density at radius 3 is 2.29 bits per heavy atom. The van der Waals surface area contributed by atoms with Crippen LogP contribution in [0, 0.1) is 0 Å². The molecule has 0 saturated carbocycles. The number of amides is 1. The van der Waals surface area contributed by atoms with Gasteiger partial charge in [-0.1, -0.05) is 29.5 Å². The normalized spacial score (nSPS) is 12.7. The molecule has 0 saturated heterocycles. The first-order valence-electron chi connectivity index (χ1n) is 11.5. The molecule has 38 heavy (non-hydrogen) atoms. The van der Waals surface area contributed by atoms with Gasteiger partial charge >= 0.3 is 0 Å². The Labute approximate surface area is 224 Å². The van der Waals surface area contributed by atoms with Gasteiger partial charge in [-0.05, 0) is 61.5 Å². The molecule has 0 spiro atoms. The standard InChI is InChI=1S/C25H26N4O6S3/c1-3-35-16-15-29-22-14-13-21(37(26,31)32)17-23(22)36-25(29)27-24(30)18-9-11-20(12-10-18)38(33,34)28(2)19-7-5-4-6-8-19/h4-14,17H,3,15-16H2,1-2H3,(H2,26,31,32). The predicted octanol–water partition coefficient (Wildman–Crippen LogP) is 2.95. The van der Waals surface area contributed by atoms with E-state index in [-0.39, 0.29) is 15.4 Å². The SMILES string of the molecule is CCOCCn1c(=NC(=O)c2ccc(S(=O)(=O)N(C)c3ccccc3)cc2)sc2cc(S(N)(=O)=O)ccc21. The maximum Gasteiger partial charge on any atom is 0.279 e. The van der Waals surface area contributed by atoms with Crippen molar-refractivity contribution in [2.45, 2.75) is 23.3 Å². The fraction of sp³-hybridized carbons (Fsp3) is 0.200. The number of benzene rings is 3. The maximum atomic E-state index is 13.0. The topological polar surface area (TPSA) is 141 Å². The van der Waals surface area contributed by atoms with Crippen LogP contribution in [0.4, 0.5) is 5.69 Å². The monoisotopic (exact) mass is 574 g/mol. The number of hydrogen-bond acceptors (Lipinski definition) is 7. The van der Waals surface area contributed by atoms with Crippen LogP contribution < -0.4 is 14.2 Å². The number of primary sulfonamides is 1. The molecule has 1 aromatic heterocycles. The summed E-state index contributed by atoms with van der Waals surface area (Å²) in [5, 5.41) is 5.27. The van der Waals surface area contributed by atoms with E-state index in [4.69, 9.17) is 9.88 Å². The second-order valence-electron chi connectivity index (χ2n) is 8.16. The van der Waals surface area contributed by atoms with E-state index in [1.165, 1.54) is 47.8 Å². The van der Waals surface area contributed by atoms with Gasteiger partial charge in [-0.2, -0.15) is 4.99 Å². The summed E-state index contributed by atoms with van der Waals surface area (Å²) in [5.41, 5.74) is 1.39. The van der Waals surface area contributed by atoms with Crippen molar-refractivity contribution in [3.05, 3.63) is 83.2 Å². The van der Waals surface area contributed by atoms with Gasteiger partial charge in [0.1, 0.15) is 0 Å². The third-order valence-corrected chi connectivity index (χ3v) is 9.47. The number of anilines is 1. The van der Waals surface area contributed by atoms with E-state index in [1.54, 1.807) is 41.0 Å². The number of ether oxygens (including phenoxy) is 1. The summed E-state index contributed by atoms with van der Waals surface area (Å²) in [7, 11) is -6.27. The number of hydrogen-bond donors (Lipinski definition) is 1. The molecular weight excluding hydrogens is 548 g/mol. The van der Waals surface area contributed by atoms with E-state index in [1.807, 2.05) is 6.92 Å². The van der Waals surface area contributed by atoms with Crippen molar-refractivity contribution < 1.29 is 26.4 Å². The molecule has 0 aliphatic carbocycles. The number of para-hydroxylation sites is 1. The summed E-state index contributed by atoms with van der Waals surface area (Å²) < 4.78 is 58.6. The van der Waals surface area contributed by atoms with Gasteiger partial charge in [0.2, 0.25) is 10.0 Å². The molecule has 1 heterocycles. The molecule has 2 N–H and O–H groups in total. The molecule has 0 aliphatic rings. The van der Waals surface area contributed by atoms with Crippen LogP contribution in [0.2, 0.25) is 0 Å². The molecule has 0 aliphatic heterocycles. The Morgan fingerprint density at radius 2 is 1.66 bits per heavy atom. The number of fused-ring (bicyclic) bond motifs is 1. The van der Waals surface area contributed by atoms with Gasteiger partial charge in [0.05, 0.1) is 32.3 Å². The molecule has 1 amide bonds. The summed E-state index contributed by atoms with van der Waals surface area (Å²) in [4.78, 5) is 17.6. The summed E-state index contributed by atoms with van der Waals surface area (Å²) in [5.74, 6) is -0.575. The maximum absolute atomic E-state index is 13.0. The van der Waals surface area contributed by atoms with Crippen molar-refractivity contribution in [2.75, 3.05) is 24.6 Å². The highest BCUT2D eigenvalue weighted by Gasteiger charge is 2.21. The zero-order valence-electron chi connectivity index (χ0n) is 20.6. The highest BCUT2D eigenvalue weighted by molar-refractivity contribution is 7.92. The largest absolute Gasteiger partial charge is 0.380 e. The average molecular weight is 575 g/mol. The zero-order valence-corrected chi connectivity index (χ0v) is 23.1. The van der Waals surface area contributed by atoms with Gasteiger partial charge in [-0.15, -0.1) is 0 Å². The number of carbonyl (C=O) groups is 1. The van der Waals surface area contributed by atoms with Crippen molar-refractivity contribution in [1.29, 1.82) is 0 Å². The number of nitrogens with two attached hydrogens (primary N) is 1. The molecule has 200 valence electrons. The van der Waals surface area contributed by atoms with E-state index in [0.29, 0.717) is 40.5 Å². The lowest BCUT2D eigenvalue weighted by molar-refractivity contribution is 0.0996. The molecule has 0 bridgehead atoms. The van der Waals surface area contributed by atoms with Crippen LogP contribution in [0.1, 0.15) is 17.3 Å². The van der Waals surface area contributed by atoms with E-state index in [2.05, 4.69) is 4.99 Å². The molecule has 4 aromatic rings. The van der Waals surface area contributed by atoms with Gasteiger partial charge in [0.15, 0.2) is 4.80 Å². The quantitative estimate of drug-likeness (QED) is 0.305. The smallest absolute Gasteiger partial charge is 0.279 e. The van der Waals surface area contributed by atoms with Gasteiger partial charge in [0, 0.05) is 25.8 Å². The lowest BCUT2D eigenvalue weighted by Crippen LogP contribution is -2.26. The van der Waals surface area contributed by atoms with Crippen LogP contribution in [0.5, 0.6) is 0 Å². The van der Waals surface area contributed by atoms with Crippen LogP contribution in [-0.2, 0) is 31.3 Å². The van der Waals surface area contributed by atoms with Gasteiger partial charge < -0.3 is 9.30 Å². The van der Waals surface area contributed by atoms with E-state index < -0.39 is 26.0 Å². The number of sulfonamides is 2. The van der Waals surface area contributed by atoms with Crippen molar-refractivity contribution in [1.82, 2.24) is 4.57 Å². The third-order valence-electron chi connectivity index (χ3n) is 5.72. The molecule has 0 atom stereocenters. The molecule has 4 rings (SSSR count). The van der Waals surface area contributed by atoms with E-state index in [9.17, 15) is 21.6 Å². The van der Waals surface area contributed by atoms with E-state index >= 15 is 0 Å². The first-order valence-corrected chi connectivity index (χ1v) is 15.3. The number of carbonyl (C=O) groups excluding carboxylic acids is 1. The van der Waals surface area contributed by atoms with E-state index in [0.717, 1.165) is 11.3 Å². The Kier molecular flexibility index (Phi) is 8.13. The highest BCUT2D eigenvalue weighted by atomic mass is 32.2. The lowest BCUT2D eigenvalue weighted by atomic mass is 10.2. The molecule has 13 heteroatoms. The third kappa shape index (κ3) is 5.87. The first-order chi connectivity index (χ1) is 18.0. The molecule has 0 unspecified atom stereocenters. The van der Waals surface area contributed by atoms with Gasteiger partial charge in [-0.3, -0.25) is 9.10 Å². The van der Waals surface area contributed by atoms with Crippen LogP contribution in [-0.4, -0.2) is 47.6 Å². The second kappa shape index (κ2) is 11.2. The Hall–Kier alpha value is -3.36. The molecule has 10 nitrogen and oxygen atoms in total. The van der Waals surface area contributed by atoms with Crippen molar-refractivity contribution >= 4 is 53.2 Å². The summed E-state index contributed by atoms with van der Waals surface area (Å²) >= 11 is 1.14. The number of rotatable bonds is 9. The molecule has 0 fully saturated rings. The summed E-state index contributed by atoms with van der Waals surface area (Å²) in [6.07, 6.45) is 0. The van der Waals surface area contributed by atoms with Crippen LogP contribution in [0.3, 0.4) is 0 Å². The number of nitrogens with zero attached hydrogens (tertiary/aromatic N) is 3. The lowest BCUT2D eigenvalue weighted by Gasteiger charge is -2.19. The minimum absolute atomic E-state index is 0.0320. The zero-order chi connectivity index (χ0) is 27.5. The number of aromatic nitrogens is 1. The minimum Gasteiger partial charge on any atom is -0.380 e. The number of thiazole rings is 1. The van der Waals surface area contributed by atoms with Crippen LogP contribution in [0.15, 0.2) is 87.6 Å². The molecule has 0 radical (unpaired) electrons. The Balaban J connectivity index is 1.68. The molecular formula is C25H26N4O6S3. The van der Waals surface area contributed by atoms with Gasteiger partial charge in [-0.25, -0.2) is 22.0 Å². The van der Waals surface area contributed by atoms with Crippen molar-refractivity contribution in [3.63, 3.8) is 0 Å². The van der Waals surface area contributed by atoms with Crippen LogP contribution in [0.25, 0.3) is 10.2 Å². The minimum atomic E-state index is -3.90. The average Bonchev–Trinajstić information content (AvgIpc) is 3.24. The fourth-order valence-electron chi connectivity index (χ4n) is 3.69. The molecule has 3 aromatic carbocycles. The Bertz CT molecular complexity index is 1740. The second-order valence-corrected chi connectivity index (χ2v) is 12.7. The Morgan fingerprint density at radius 1 is 1.00 bits per heavy atom. The highest BCUT2D eigenvalue weighted by Crippen LogP contribution is 2.23. The van der Waals surface area contributed by atoms with Crippen LogP contribution >= 0.6 is 11.3 Å².